The van der Waals surface area contributed by atoms with E-state index in [-0.39, 0.29) is 22.8 Å². The largest absolute Gasteiger partial charge is 0.411 e. The first-order valence-electron chi connectivity index (χ1n) is 7.10. The lowest BCUT2D eigenvalue weighted by atomic mass is 10.2. The molecule has 0 bridgehead atoms. The molecule has 0 aliphatic carbocycles. The van der Waals surface area contributed by atoms with Gasteiger partial charge in [0.15, 0.2) is 0 Å². The Kier molecular flexibility index (Phi) is 6.22. The highest BCUT2D eigenvalue weighted by Gasteiger charge is 2.18. The Labute approximate surface area is 148 Å². The molecule has 0 saturated carbocycles. The van der Waals surface area contributed by atoms with Gasteiger partial charge in [-0.15, -0.1) is 10.2 Å². The molecule has 0 aliphatic rings. The number of thioether (sulfide) groups is 1. The van der Waals surface area contributed by atoms with Gasteiger partial charge >= 0.3 is 0 Å². The molecule has 0 saturated heterocycles. The Morgan fingerprint density at radius 2 is 2.04 bits per heavy atom. The van der Waals surface area contributed by atoms with E-state index in [0.717, 1.165) is 11.8 Å². The number of benzene rings is 1. The summed E-state index contributed by atoms with van der Waals surface area (Å²) in [5.74, 6) is -0.109. The van der Waals surface area contributed by atoms with Gasteiger partial charge in [-0.25, -0.2) is 0 Å². The molecular weight excluding hydrogens is 352 g/mol. The first kappa shape index (κ1) is 18.3. The quantitative estimate of drug-likeness (QED) is 0.785. The summed E-state index contributed by atoms with van der Waals surface area (Å²) in [6.07, 6.45) is 0. The molecule has 0 spiro atoms. The van der Waals surface area contributed by atoms with Crippen molar-refractivity contribution in [2.24, 2.45) is 0 Å². The summed E-state index contributed by atoms with van der Waals surface area (Å²) in [6.45, 7) is 1.63. The van der Waals surface area contributed by atoms with Crippen LogP contribution in [0.25, 0.3) is 11.5 Å². The first-order chi connectivity index (χ1) is 11.4. The summed E-state index contributed by atoms with van der Waals surface area (Å²) in [7, 11) is 3.27. The van der Waals surface area contributed by atoms with Crippen LogP contribution in [-0.4, -0.2) is 52.8 Å². The average Bonchev–Trinajstić information content (AvgIpc) is 3.01. The fourth-order valence-electron chi connectivity index (χ4n) is 1.87. The highest BCUT2D eigenvalue weighted by molar-refractivity contribution is 7.99. The Morgan fingerprint density at radius 3 is 2.71 bits per heavy atom. The maximum atomic E-state index is 11.9. The zero-order chi connectivity index (χ0) is 17.7. The molecule has 24 heavy (non-hydrogen) atoms. The van der Waals surface area contributed by atoms with Gasteiger partial charge in [0.2, 0.25) is 17.7 Å². The Hall–Kier alpha value is -2.06. The lowest BCUT2D eigenvalue weighted by molar-refractivity contribution is -0.133. The number of aromatic nitrogens is 2. The van der Waals surface area contributed by atoms with Gasteiger partial charge in [0.05, 0.1) is 16.3 Å². The molecule has 2 amide bonds. The normalized spacial score (nSPS) is 11.8. The second-order valence-corrected chi connectivity index (χ2v) is 6.50. The number of amides is 2. The number of carbonyl (C=O) groups excluding carboxylic acids is 2. The second-order valence-electron chi connectivity index (χ2n) is 5.16. The summed E-state index contributed by atoms with van der Waals surface area (Å²) < 4.78 is 5.49. The molecule has 128 valence electrons. The third-order valence-electron chi connectivity index (χ3n) is 3.03. The van der Waals surface area contributed by atoms with Crippen molar-refractivity contribution >= 4 is 35.2 Å². The number of rotatable bonds is 6. The number of hydrogen-bond donors (Lipinski definition) is 1. The number of nitrogens with one attached hydrogen (secondary N) is 1. The van der Waals surface area contributed by atoms with Gasteiger partial charge in [0.1, 0.15) is 6.04 Å². The highest BCUT2D eigenvalue weighted by Crippen LogP contribution is 2.28. The summed E-state index contributed by atoms with van der Waals surface area (Å²) in [6, 6.07) is 6.53. The molecule has 2 aromatic rings. The Balaban J connectivity index is 1.90. The van der Waals surface area contributed by atoms with E-state index in [2.05, 4.69) is 15.5 Å². The van der Waals surface area contributed by atoms with Gasteiger partial charge in [0, 0.05) is 14.1 Å². The van der Waals surface area contributed by atoms with Crippen LogP contribution >= 0.6 is 23.4 Å². The molecule has 1 N–H and O–H groups in total. The van der Waals surface area contributed by atoms with Crippen molar-refractivity contribution in [2.45, 2.75) is 18.2 Å². The van der Waals surface area contributed by atoms with Crippen molar-refractivity contribution in [1.82, 2.24) is 20.4 Å². The Morgan fingerprint density at radius 1 is 1.33 bits per heavy atom. The van der Waals surface area contributed by atoms with Crippen molar-refractivity contribution in [3.8, 4) is 11.5 Å². The van der Waals surface area contributed by atoms with Crippen LogP contribution in [0.5, 0.6) is 0 Å². The maximum Gasteiger partial charge on any atom is 0.277 e. The van der Waals surface area contributed by atoms with Gasteiger partial charge in [-0.3, -0.25) is 9.59 Å². The molecule has 1 heterocycles. The van der Waals surface area contributed by atoms with E-state index in [0.29, 0.717) is 16.5 Å². The van der Waals surface area contributed by atoms with Crippen molar-refractivity contribution < 1.29 is 14.0 Å². The van der Waals surface area contributed by atoms with Crippen LogP contribution in [0.1, 0.15) is 6.92 Å². The molecule has 0 aliphatic heterocycles. The molecule has 1 atom stereocenters. The van der Waals surface area contributed by atoms with E-state index in [1.54, 1.807) is 39.2 Å². The number of halogens is 1. The van der Waals surface area contributed by atoms with E-state index in [1.165, 1.54) is 4.90 Å². The molecule has 1 aromatic carbocycles. The minimum atomic E-state index is -0.588. The molecule has 1 unspecified atom stereocenters. The van der Waals surface area contributed by atoms with Gasteiger partial charge < -0.3 is 14.6 Å². The predicted octanol–water partition coefficient (Wildman–Crippen LogP) is 2.07. The number of carbonyl (C=O) groups is 2. The fourth-order valence-corrected chi connectivity index (χ4v) is 2.66. The molecule has 1 aromatic heterocycles. The van der Waals surface area contributed by atoms with Crippen LogP contribution in [0.4, 0.5) is 0 Å². The van der Waals surface area contributed by atoms with Crippen molar-refractivity contribution in [1.29, 1.82) is 0 Å². The molecular formula is C15H17ClN4O3S. The number of likely N-dealkylation sites (N-methyl/N-ethyl adjacent to an activating group) is 1. The predicted molar refractivity (Wildman–Crippen MR) is 91.8 cm³/mol. The zero-order valence-corrected chi connectivity index (χ0v) is 15.0. The fraction of sp³-hybridized carbons (Fsp3) is 0.333. The minimum absolute atomic E-state index is 0.0647. The van der Waals surface area contributed by atoms with Crippen molar-refractivity contribution in [2.75, 3.05) is 19.8 Å². The third kappa shape index (κ3) is 4.72. The van der Waals surface area contributed by atoms with Crippen LogP contribution < -0.4 is 5.32 Å². The monoisotopic (exact) mass is 368 g/mol. The van der Waals surface area contributed by atoms with E-state index < -0.39 is 6.04 Å². The SMILES string of the molecule is CC(NC(=O)CSc1nnc(-c2ccccc2Cl)o1)C(=O)N(C)C. The zero-order valence-electron chi connectivity index (χ0n) is 13.4. The average molecular weight is 369 g/mol. The van der Waals surface area contributed by atoms with E-state index in [1.807, 2.05) is 6.07 Å². The topological polar surface area (TPSA) is 88.3 Å². The van der Waals surface area contributed by atoms with Gasteiger partial charge in [-0.1, -0.05) is 35.5 Å². The number of hydrogen-bond acceptors (Lipinski definition) is 6. The van der Waals surface area contributed by atoms with Gasteiger partial charge in [-0.05, 0) is 19.1 Å². The smallest absolute Gasteiger partial charge is 0.277 e. The van der Waals surface area contributed by atoms with E-state index in [9.17, 15) is 9.59 Å². The minimum Gasteiger partial charge on any atom is -0.411 e. The molecule has 2 rings (SSSR count). The third-order valence-corrected chi connectivity index (χ3v) is 4.17. The standard InChI is InChI=1S/C15H17ClN4O3S/c1-9(14(22)20(2)3)17-12(21)8-24-15-19-18-13(23-15)10-6-4-5-7-11(10)16/h4-7,9H,8H2,1-3H3,(H,17,21). The van der Waals surface area contributed by atoms with Crippen LogP contribution in [0, 0.1) is 0 Å². The van der Waals surface area contributed by atoms with Gasteiger partial charge in [0.25, 0.3) is 5.22 Å². The second kappa shape index (κ2) is 8.16. The summed E-state index contributed by atoms with van der Waals surface area (Å²) >= 11 is 7.17. The summed E-state index contributed by atoms with van der Waals surface area (Å²) in [5.41, 5.74) is 0.633. The van der Waals surface area contributed by atoms with Crippen LogP contribution in [0.3, 0.4) is 0 Å². The summed E-state index contributed by atoms with van der Waals surface area (Å²) in [4.78, 5) is 25.0. The van der Waals surface area contributed by atoms with E-state index in [4.69, 9.17) is 16.0 Å². The van der Waals surface area contributed by atoms with Crippen LogP contribution in [0.15, 0.2) is 33.9 Å². The molecule has 9 heteroatoms. The van der Waals surface area contributed by atoms with Crippen molar-refractivity contribution in [3.63, 3.8) is 0 Å². The van der Waals surface area contributed by atoms with Crippen LogP contribution in [-0.2, 0) is 9.59 Å². The van der Waals surface area contributed by atoms with Crippen molar-refractivity contribution in [3.05, 3.63) is 29.3 Å². The highest BCUT2D eigenvalue weighted by atomic mass is 35.5. The number of nitrogens with zero attached hydrogens (tertiary/aromatic N) is 3. The first-order valence-corrected chi connectivity index (χ1v) is 8.46. The Bertz CT molecular complexity index is 735. The molecule has 0 radical (unpaired) electrons. The van der Waals surface area contributed by atoms with Gasteiger partial charge in [-0.2, -0.15) is 0 Å². The lowest BCUT2D eigenvalue weighted by Gasteiger charge is -2.17. The molecule has 7 nitrogen and oxygen atoms in total. The lowest BCUT2D eigenvalue weighted by Crippen LogP contribution is -2.44. The van der Waals surface area contributed by atoms with Crippen LogP contribution in [0.2, 0.25) is 5.02 Å². The summed E-state index contributed by atoms with van der Waals surface area (Å²) in [5, 5.41) is 11.2. The van der Waals surface area contributed by atoms with E-state index >= 15 is 0 Å². The maximum absolute atomic E-state index is 11.9. The molecule has 0 fully saturated rings.